The second-order valence-electron chi connectivity index (χ2n) is 3.14. The van der Waals surface area contributed by atoms with Gasteiger partial charge >= 0.3 is 0 Å². The Bertz CT molecular complexity index is 177. The minimum absolute atomic E-state index is 0. The Morgan fingerprint density at radius 1 is 1.53 bits per heavy atom. The van der Waals surface area contributed by atoms with Gasteiger partial charge in [-0.1, -0.05) is 0 Å². The molecule has 0 unspecified atom stereocenters. The lowest BCUT2D eigenvalue weighted by atomic mass is 10.2. The Morgan fingerprint density at radius 2 is 2.27 bits per heavy atom. The van der Waals surface area contributed by atoms with Gasteiger partial charge in [-0.2, -0.15) is 0 Å². The van der Waals surface area contributed by atoms with Crippen LogP contribution < -0.4 is 10.6 Å². The highest BCUT2D eigenvalue weighted by Gasteiger charge is 2.17. The molecule has 1 aliphatic heterocycles. The number of hydrogen-bond acceptors (Lipinski definition) is 4. The van der Waals surface area contributed by atoms with Crippen LogP contribution in [0.15, 0.2) is 0 Å². The molecule has 0 spiro atoms. The van der Waals surface area contributed by atoms with Crippen molar-refractivity contribution in [3.63, 3.8) is 0 Å². The van der Waals surface area contributed by atoms with Crippen molar-refractivity contribution in [1.82, 2.24) is 10.6 Å². The molecule has 0 saturated carbocycles. The van der Waals surface area contributed by atoms with Crippen molar-refractivity contribution in [2.75, 3.05) is 39.5 Å². The molecule has 1 amide bonds. The number of amides is 1. The summed E-state index contributed by atoms with van der Waals surface area (Å²) in [5.74, 6) is -0.0726. The van der Waals surface area contributed by atoms with Gasteiger partial charge in [-0.3, -0.25) is 4.79 Å². The SMILES string of the molecule is CCOCCNC(=O)COC1CNC1.Cl. The summed E-state index contributed by atoms with van der Waals surface area (Å²) in [6.07, 6.45) is 0.215. The fraction of sp³-hybridized carbons (Fsp3) is 0.889. The molecule has 15 heavy (non-hydrogen) atoms. The third-order valence-electron chi connectivity index (χ3n) is 1.97. The molecule has 0 aromatic heterocycles. The van der Waals surface area contributed by atoms with Crippen LogP contribution >= 0.6 is 12.4 Å². The number of carbonyl (C=O) groups excluding carboxylic acids is 1. The van der Waals surface area contributed by atoms with Gasteiger partial charge in [0.25, 0.3) is 0 Å². The Labute approximate surface area is 96.3 Å². The summed E-state index contributed by atoms with van der Waals surface area (Å²) in [5, 5.41) is 5.78. The maximum Gasteiger partial charge on any atom is 0.246 e. The van der Waals surface area contributed by atoms with Gasteiger partial charge < -0.3 is 20.1 Å². The molecule has 90 valence electrons. The Balaban J connectivity index is 0.00000196. The van der Waals surface area contributed by atoms with Crippen LogP contribution in [0.5, 0.6) is 0 Å². The first kappa shape index (κ1) is 14.6. The van der Waals surface area contributed by atoms with E-state index in [1.54, 1.807) is 0 Å². The molecule has 0 aromatic carbocycles. The predicted octanol–water partition coefficient (Wildman–Crippen LogP) is -0.451. The molecule has 1 rings (SSSR count). The third kappa shape index (κ3) is 6.67. The lowest BCUT2D eigenvalue weighted by Gasteiger charge is -2.26. The quantitative estimate of drug-likeness (QED) is 0.590. The van der Waals surface area contributed by atoms with Crippen molar-refractivity contribution in [3.05, 3.63) is 0 Å². The number of rotatable bonds is 7. The van der Waals surface area contributed by atoms with Crippen molar-refractivity contribution >= 4 is 18.3 Å². The van der Waals surface area contributed by atoms with Gasteiger partial charge in [-0.25, -0.2) is 0 Å². The van der Waals surface area contributed by atoms with Gasteiger partial charge in [-0.15, -0.1) is 12.4 Å². The van der Waals surface area contributed by atoms with Crippen LogP contribution in [0.4, 0.5) is 0 Å². The van der Waals surface area contributed by atoms with Gasteiger partial charge in [0.1, 0.15) is 6.61 Å². The topological polar surface area (TPSA) is 59.6 Å². The third-order valence-corrected chi connectivity index (χ3v) is 1.97. The second-order valence-corrected chi connectivity index (χ2v) is 3.14. The van der Waals surface area contributed by atoms with E-state index in [2.05, 4.69) is 10.6 Å². The number of carbonyl (C=O) groups is 1. The Kier molecular flexibility index (Phi) is 8.70. The molecule has 2 N–H and O–H groups in total. The van der Waals surface area contributed by atoms with Crippen LogP contribution in [0.1, 0.15) is 6.92 Å². The average molecular weight is 239 g/mol. The van der Waals surface area contributed by atoms with E-state index in [9.17, 15) is 4.79 Å². The average Bonchev–Trinajstić information content (AvgIpc) is 2.10. The molecular weight excluding hydrogens is 220 g/mol. The summed E-state index contributed by atoms with van der Waals surface area (Å²) in [6, 6.07) is 0. The normalized spacial score (nSPS) is 15.3. The molecule has 1 heterocycles. The minimum Gasteiger partial charge on any atom is -0.380 e. The highest BCUT2D eigenvalue weighted by atomic mass is 35.5. The van der Waals surface area contributed by atoms with Gasteiger partial charge in [0.15, 0.2) is 0 Å². The van der Waals surface area contributed by atoms with E-state index in [1.165, 1.54) is 0 Å². The molecule has 1 fully saturated rings. The molecule has 0 atom stereocenters. The van der Waals surface area contributed by atoms with E-state index in [0.29, 0.717) is 19.8 Å². The van der Waals surface area contributed by atoms with Crippen LogP contribution in [-0.4, -0.2) is 51.5 Å². The molecule has 0 bridgehead atoms. The van der Waals surface area contributed by atoms with E-state index < -0.39 is 0 Å². The zero-order valence-corrected chi connectivity index (χ0v) is 9.77. The van der Waals surface area contributed by atoms with Gasteiger partial charge in [0.05, 0.1) is 12.7 Å². The van der Waals surface area contributed by atoms with Crippen LogP contribution in [0.25, 0.3) is 0 Å². The molecule has 0 aromatic rings. The van der Waals surface area contributed by atoms with Crippen LogP contribution in [0, 0.1) is 0 Å². The number of halogens is 1. The first-order valence-electron chi connectivity index (χ1n) is 4.99. The highest BCUT2D eigenvalue weighted by molar-refractivity contribution is 5.85. The summed E-state index contributed by atoms with van der Waals surface area (Å²) >= 11 is 0. The Hall–Kier alpha value is -0.360. The number of hydrogen-bond donors (Lipinski definition) is 2. The zero-order valence-electron chi connectivity index (χ0n) is 8.95. The largest absolute Gasteiger partial charge is 0.380 e. The van der Waals surface area contributed by atoms with E-state index in [0.717, 1.165) is 13.1 Å². The van der Waals surface area contributed by atoms with Gasteiger partial charge in [0.2, 0.25) is 5.91 Å². The first-order chi connectivity index (χ1) is 6.83. The van der Waals surface area contributed by atoms with Crippen LogP contribution in [0.3, 0.4) is 0 Å². The standard InChI is InChI=1S/C9H18N2O3.ClH/c1-2-13-4-3-11-9(12)7-14-8-5-10-6-8;/h8,10H,2-7H2,1H3,(H,11,12);1H. The van der Waals surface area contributed by atoms with E-state index >= 15 is 0 Å². The lowest BCUT2D eigenvalue weighted by Crippen LogP contribution is -2.49. The fourth-order valence-corrected chi connectivity index (χ4v) is 1.03. The molecule has 1 saturated heterocycles. The molecule has 5 nitrogen and oxygen atoms in total. The van der Waals surface area contributed by atoms with Gasteiger partial charge in [0, 0.05) is 26.2 Å². The molecule has 6 heteroatoms. The van der Waals surface area contributed by atoms with Crippen LogP contribution in [0.2, 0.25) is 0 Å². The van der Waals surface area contributed by atoms with E-state index in [4.69, 9.17) is 9.47 Å². The van der Waals surface area contributed by atoms with E-state index in [1.807, 2.05) is 6.92 Å². The molecule has 0 aliphatic carbocycles. The van der Waals surface area contributed by atoms with Crippen molar-refractivity contribution < 1.29 is 14.3 Å². The van der Waals surface area contributed by atoms with Crippen molar-refractivity contribution in [2.45, 2.75) is 13.0 Å². The monoisotopic (exact) mass is 238 g/mol. The lowest BCUT2D eigenvalue weighted by molar-refractivity contribution is -0.128. The number of nitrogens with one attached hydrogen (secondary N) is 2. The summed E-state index contributed by atoms with van der Waals surface area (Å²) in [5.41, 5.74) is 0. The molecule has 1 aliphatic rings. The van der Waals surface area contributed by atoms with Crippen molar-refractivity contribution in [3.8, 4) is 0 Å². The summed E-state index contributed by atoms with van der Waals surface area (Å²) in [6.45, 7) is 5.58. The molecular formula is C9H19ClN2O3. The fourth-order valence-electron chi connectivity index (χ4n) is 1.03. The first-order valence-corrected chi connectivity index (χ1v) is 4.99. The summed E-state index contributed by atoms with van der Waals surface area (Å²) in [7, 11) is 0. The van der Waals surface area contributed by atoms with Crippen molar-refractivity contribution in [2.24, 2.45) is 0 Å². The van der Waals surface area contributed by atoms with Crippen molar-refractivity contribution in [1.29, 1.82) is 0 Å². The Morgan fingerprint density at radius 3 is 2.80 bits per heavy atom. The maximum absolute atomic E-state index is 11.1. The maximum atomic E-state index is 11.1. The summed E-state index contributed by atoms with van der Waals surface area (Å²) in [4.78, 5) is 11.1. The smallest absolute Gasteiger partial charge is 0.246 e. The highest BCUT2D eigenvalue weighted by Crippen LogP contribution is 1.96. The van der Waals surface area contributed by atoms with Gasteiger partial charge in [-0.05, 0) is 6.92 Å². The van der Waals surface area contributed by atoms with Crippen LogP contribution in [-0.2, 0) is 14.3 Å². The molecule has 0 radical (unpaired) electrons. The zero-order chi connectivity index (χ0) is 10.2. The minimum atomic E-state index is -0.0726. The number of ether oxygens (including phenoxy) is 2. The second kappa shape index (κ2) is 8.91. The van der Waals surface area contributed by atoms with E-state index in [-0.39, 0.29) is 31.0 Å². The summed E-state index contributed by atoms with van der Waals surface area (Å²) < 4.78 is 10.4. The predicted molar refractivity (Wildman–Crippen MR) is 59.4 cm³/mol.